The number of hydrogen-bond acceptors (Lipinski definition) is 4. The summed E-state index contributed by atoms with van der Waals surface area (Å²) < 4.78 is 5.54. The van der Waals surface area contributed by atoms with Crippen molar-refractivity contribution < 1.29 is 4.74 Å². The first-order valence-electron chi connectivity index (χ1n) is 8.37. The van der Waals surface area contributed by atoms with Crippen LogP contribution in [0.4, 0.5) is 0 Å². The van der Waals surface area contributed by atoms with Gasteiger partial charge in [-0.25, -0.2) is 4.98 Å². The number of hydrogen-bond donors (Lipinski definition) is 2. The van der Waals surface area contributed by atoms with Crippen molar-refractivity contribution in [1.29, 1.82) is 0 Å². The van der Waals surface area contributed by atoms with E-state index in [4.69, 9.17) is 4.74 Å². The summed E-state index contributed by atoms with van der Waals surface area (Å²) in [5, 5.41) is 3.68. The van der Waals surface area contributed by atoms with Crippen LogP contribution in [0.5, 0.6) is 0 Å². The minimum Gasteiger partial charge on any atom is -0.379 e. The van der Waals surface area contributed by atoms with Crippen LogP contribution in [0.2, 0.25) is 0 Å². The molecule has 0 radical (unpaired) electrons. The summed E-state index contributed by atoms with van der Waals surface area (Å²) in [6, 6.07) is 11.5. The highest BCUT2D eigenvalue weighted by molar-refractivity contribution is 5.24. The molecule has 0 unspecified atom stereocenters. The number of H-pyrrole nitrogens is 1. The second-order valence-electron chi connectivity index (χ2n) is 6.24. The molecule has 1 saturated heterocycles. The van der Waals surface area contributed by atoms with Crippen molar-refractivity contribution >= 4 is 0 Å². The molecule has 0 amide bonds. The van der Waals surface area contributed by atoms with Gasteiger partial charge in [0.1, 0.15) is 5.82 Å². The van der Waals surface area contributed by atoms with Crippen LogP contribution in [-0.4, -0.2) is 53.3 Å². The molecule has 3 atom stereocenters. The fraction of sp³-hybridized carbons (Fsp3) is 0.500. The minimum absolute atomic E-state index is 0.0880. The standard InChI is InChI=1S/C18H26N4O/c1-14(22-10-11-23-13-15(22)2)12-21-17(18-19-8-9-20-18)16-6-4-3-5-7-16/h3-9,14-15,17,21H,10-13H2,1-2H3,(H,19,20)/t14-,15+,17+/m1/s1. The summed E-state index contributed by atoms with van der Waals surface area (Å²) in [6.07, 6.45) is 3.68. The third kappa shape index (κ3) is 3.99. The van der Waals surface area contributed by atoms with Gasteiger partial charge in [0.15, 0.2) is 0 Å². The van der Waals surface area contributed by atoms with Crippen molar-refractivity contribution in [3.05, 3.63) is 54.1 Å². The Labute approximate surface area is 138 Å². The van der Waals surface area contributed by atoms with Crippen LogP contribution in [0.15, 0.2) is 42.7 Å². The number of morpholine rings is 1. The Kier molecular flexibility index (Phi) is 5.43. The lowest BCUT2D eigenvalue weighted by Crippen LogP contribution is -2.51. The Morgan fingerprint density at radius 1 is 1.39 bits per heavy atom. The van der Waals surface area contributed by atoms with Gasteiger partial charge in [0, 0.05) is 37.6 Å². The lowest BCUT2D eigenvalue weighted by molar-refractivity contribution is -0.0184. The summed E-state index contributed by atoms with van der Waals surface area (Å²) in [7, 11) is 0. The zero-order valence-electron chi connectivity index (χ0n) is 13.9. The topological polar surface area (TPSA) is 53.2 Å². The number of aromatic amines is 1. The maximum absolute atomic E-state index is 5.54. The van der Waals surface area contributed by atoms with Gasteiger partial charge in [-0.15, -0.1) is 0 Å². The van der Waals surface area contributed by atoms with Crippen LogP contribution in [0.1, 0.15) is 31.3 Å². The first kappa shape index (κ1) is 16.2. The van der Waals surface area contributed by atoms with E-state index in [-0.39, 0.29) is 6.04 Å². The van der Waals surface area contributed by atoms with Gasteiger partial charge in [-0.1, -0.05) is 30.3 Å². The maximum atomic E-state index is 5.54. The zero-order valence-corrected chi connectivity index (χ0v) is 13.9. The second-order valence-corrected chi connectivity index (χ2v) is 6.24. The normalized spacial score (nSPS) is 21.9. The molecule has 5 nitrogen and oxygen atoms in total. The Hall–Kier alpha value is -1.69. The van der Waals surface area contributed by atoms with Gasteiger partial charge in [0.25, 0.3) is 0 Å². The predicted molar refractivity (Wildman–Crippen MR) is 91.3 cm³/mol. The molecule has 1 fully saturated rings. The van der Waals surface area contributed by atoms with Crippen molar-refractivity contribution in [2.45, 2.75) is 32.0 Å². The lowest BCUT2D eigenvalue weighted by Gasteiger charge is -2.38. The Bertz CT molecular complexity index is 572. The first-order chi connectivity index (χ1) is 11.3. The van der Waals surface area contributed by atoms with Gasteiger partial charge in [0.2, 0.25) is 0 Å². The largest absolute Gasteiger partial charge is 0.379 e. The highest BCUT2D eigenvalue weighted by Gasteiger charge is 2.25. The van der Waals surface area contributed by atoms with E-state index in [0.717, 1.165) is 32.1 Å². The number of imidazole rings is 1. The number of rotatable bonds is 6. The van der Waals surface area contributed by atoms with Crippen molar-refractivity contribution in [2.75, 3.05) is 26.3 Å². The summed E-state index contributed by atoms with van der Waals surface area (Å²) in [6.45, 7) is 8.07. The average Bonchev–Trinajstić information content (AvgIpc) is 3.10. The Balaban J connectivity index is 1.67. The van der Waals surface area contributed by atoms with E-state index in [9.17, 15) is 0 Å². The molecule has 23 heavy (non-hydrogen) atoms. The van der Waals surface area contributed by atoms with Crippen LogP contribution in [0.3, 0.4) is 0 Å². The van der Waals surface area contributed by atoms with Crippen LogP contribution >= 0.6 is 0 Å². The third-order valence-corrected chi connectivity index (χ3v) is 4.53. The van der Waals surface area contributed by atoms with Gasteiger partial charge in [-0.05, 0) is 19.4 Å². The van der Waals surface area contributed by atoms with E-state index in [1.807, 2.05) is 12.3 Å². The fourth-order valence-corrected chi connectivity index (χ4v) is 3.25. The molecule has 5 heteroatoms. The Morgan fingerprint density at radius 3 is 2.91 bits per heavy atom. The maximum Gasteiger partial charge on any atom is 0.127 e. The monoisotopic (exact) mass is 314 g/mol. The Morgan fingerprint density at radius 2 is 2.22 bits per heavy atom. The van der Waals surface area contributed by atoms with Gasteiger partial charge in [0.05, 0.1) is 19.3 Å². The number of benzene rings is 1. The molecule has 0 aliphatic carbocycles. The molecule has 0 saturated carbocycles. The van der Waals surface area contributed by atoms with Crippen molar-refractivity contribution in [2.24, 2.45) is 0 Å². The quantitative estimate of drug-likeness (QED) is 0.858. The van der Waals surface area contributed by atoms with E-state index < -0.39 is 0 Å². The van der Waals surface area contributed by atoms with Crippen LogP contribution in [-0.2, 0) is 4.74 Å². The molecule has 1 aromatic carbocycles. The highest BCUT2D eigenvalue weighted by atomic mass is 16.5. The summed E-state index contributed by atoms with van der Waals surface area (Å²) in [4.78, 5) is 10.2. The summed E-state index contributed by atoms with van der Waals surface area (Å²) in [5.41, 5.74) is 1.23. The molecule has 3 rings (SSSR count). The fourth-order valence-electron chi connectivity index (χ4n) is 3.25. The molecule has 0 spiro atoms. The number of nitrogens with one attached hydrogen (secondary N) is 2. The summed E-state index contributed by atoms with van der Waals surface area (Å²) >= 11 is 0. The van der Waals surface area contributed by atoms with Crippen molar-refractivity contribution in [3.8, 4) is 0 Å². The first-order valence-corrected chi connectivity index (χ1v) is 8.37. The SMILES string of the molecule is C[C@H](CN[C@@H](c1ccccc1)c1ncc[nH]1)N1CCOC[C@@H]1C. The van der Waals surface area contributed by atoms with Crippen molar-refractivity contribution in [3.63, 3.8) is 0 Å². The van der Waals surface area contributed by atoms with Gasteiger partial charge in [-0.2, -0.15) is 0 Å². The van der Waals surface area contributed by atoms with Crippen LogP contribution < -0.4 is 5.32 Å². The summed E-state index contributed by atoms with van der Waals surface area (Å²) in [5.74, 6) is 0.957. The molecule has 1 aliphatic rings. The van der Waals surface area contributed by atoms with E-state index in [1.165, 1.54) is 5.56 Å². The molecule has 2 heterocycles. The number of ether oxygens (including phenoxy) is 1. The zero-order chi connectivity index (χ0) is 16.1. The third-order valence-electron chi connectivity index (χ3n) is 4.53. The minimum atomic E-state index is 0.0880. The molecule has 124 valence electrons. The smallest absolute Gasteiger partial charge is 0.127 e. The van der Waals surface area contributed by atoms with Crippen molar-refractivity contribution in [1.82, 2.24) is 20.2 Å². The van der Waals surface area contributed by atoms with Crippen LogP contribution in [0.25, 0.3) is 0 Å². The lowest BCUT2D eigenvalue weighted by atomic mass is 10.1. The van der Waals surface area contributed by atoms with Gasteiger partial charge in [-0.3, -0.25) is 4.90 Å². The molecule has 2 aromatic rings. The second kappa shape index (κ2) is 7.73. The predicted octanol–water partition coefficient (Wildman–Crippen LogP) is 2.20. The number of nitrogens with zero attached hydrogens (tertiary/aromatic N) is 2. The number of aromatic nitrogens is 2. The molecule has 2 N–H and O–H groups in total. The van der Waals surface area contributed by atoms with Gasteiger partial charge < -0.3 is 15.0 Å². The molecular formula is C18H26N4O. The average molecular weight is 314 g/mol. The molecule has 1 aromatic heterocycles. The molecule has 1 aliphatic heterocycles. The van der Waals surface area contributed by atoms with E-state index >= 15 is 0 Å². The van der Waals surface area contributed by atoms with Gasteiger partial charge >= 0.3 is 0 Å². The van der Waals surface area contributed by atoms with E-state index in [2.05, 4.69) is 58.3 Å². The van der Waals surface area contributed by atoms with E-state index in [0.29, 0.717) is 12.1 Å². The highest BCUT2D eigenvalue weighted by Crippen LogP contribution is 2.19. The van der Waals surface area contributed by atoms with Crippen LogP contribution in [0, 0.1) is 0 Å². The van der Waals surface area contributed by atoms with E-state index in [1.54, 1.807) is 6.20 Å². The molecule has 0 bridgehead atoms. The molecular weight excluding hydrogens is 288 g/mol.